The van der Waals surface area contributed by atoms with E-state index in [9.17, 15) is 4.39 Å². The van der Waals surface area contributed by atoms with Crippen LogP contribution in [-0.4, -0.2) is 41.7 Å². The van der Waals surface area contributed by atoms with Gasteiger partial charge in [0.1, 0.15) is 11.3 Å². The molecule has 6 aromatic rings. The van der Waals surface area contributed by atoms with Crippen LogP contribution in [0.4, 0.5) is 4.39 Å². The Morgan fingerprint density at radius 3 is 2.57 bits per heavy atom. The van der Waals surface area contributed by atoms with E-state index in [0.717, 1.165) is 57.6 Å². The van der Waals surface area contributed by atoms with E-state index in [4.69, 9.17) is 9.97 Å². The van der Waals surface area contributed by atoms with Crippen LogP contribution in [-0.2, 0) is 6.54 Å². The lowest BCUT2D eigenvalue weighted by atomic mass is 10.1. The number of benzene rings is 1. The molecule has 0 atom stereocenters. The highest BCUT2D eigenvalue weighted by atomic mass is 19.1. The van der Waals surface area contributed by atoms with E-state index >= 15 is 0 Å². The van der Waals surface area contributed by atoms with Crippen molar-refractivity contribution in [2.75, 3.05) is 6.54 Å². The van der Waals surface area contributed by atoms with Gasteiger partial charge in [0, 0.05) is 36.3 Å². The molecule has 0 amide bonds. The minimum Gasteiger partial charge on any atom is -0.335 e. The van der Waals surface area contributed by atoms with Crippen LogP contribution in [0.2, 0.25) is 0 Å². The van der Waals surface area contributed by atoms with Crippen LogP contribution < -0.4 is 5.32 Å². The summed E-state index contributed by atoms with van der Waals surface area (Å²) in [4.78, 5) is 21.7. The number of halogens is 1. The lowest BCUT2D eigenvalue weighted by Gasteiger charge is -2.05. The molecule has 0 fully saturated rings. The summed E-state index contributed by atoms with van der Waals surface area (Å²) in [6.45, 7) is 3.71. The highest BCUT2D eigenvalue weighted by molar-refractivity contribution is 5.95. The summed E-state index contributed by atoms with van der Waals surface area (Å²) < 4.78 is 13.4. The normalized spacial score (nSPS) is 11.5. The summed E-state index contributed by atoms with van der Waals surface area (Å²) in [6, 6.07) is 12.3. The highest BCUT2D eigenvalue weighted by Gasteiger charge is 2.17. The third-order valence-electron chi connectivity index (χ3n) is 5.85. The molecule has 0 saturated heterocycles. The fourth-order valence-electron chi connectivity index (χ4n) is 4.10. The first-order valence-electron chi connectivity index (χ1n) is 11.3. The molecule has 0 radical (unpaired) electrons. The second-order valence-corrected chi connectivity index (χ2v) is 8.20. The maximum Gasteiger partial charge on any atom is 0.161 e. The smallest absolute Gasteiger partial charge is 0.161 e. The predicted molar refractivity (Wildman–Crippen MR) is 133 cm³/mol. The quantitative estimate of drug-likeness (QED) is 0.324. The van der Waals surface area contributed by atoms with Gasteiger partial charge >= 0.3 is 0 Å². The summed E-state index contributed by atoms with van der Waals surface area (Å²) in [6.07, 6.45) is 7.11. The van der Waals surface area contributed by atoms with Gasteiger partial charge in [-0.1, -0.05) is 19.1 Å². The number of imidazole rings is 1. The Balaban J connectivity index is 1.43. The van der Waals surface area contributed by atoms with E-state index in [-0.39, 0.29) is 5.82 Å². The summed E-state index contributed by atoms with van der Waals surface area (Å²) in [5.41, 5.74) is 8.08. The summed E-state index contributed by atoms with van der Waals surface area (Å²) in [7, 11) is 0. The first-order valence-corrected chi connectivity index (χ1v) is 11.3. The molecule has 6 rings (SSSR count). The third kappa shape index (κ3) is 3.91. The molecule has 1 aromatic carbocycles. The maximum absolute atomic E-state index is 13.4. The van der Waals surface area contributed by atoms with E-state index in [1.54, 1.807) is 24.5 Å². The Labute approximate surface area is 199 Å². The van der Waals surface area contributed by atoms with Gasteiger partial charge in [0.15, 0.2) is 11.5 Å². The van der Waals surface area contributed by atoms with Crippen molar-refractivity contribution < 1.29 is 4.39 Å². The number of rotatable bonds is 6. The molecule has 0 aliphatic carbocycles. The molecule has 0 bridgehead atoms. The molecule has 8 nitrogen and oxygen atoms in total. The highest BCUT2D eigenvalue weighted by Crippen LogP contribution is 2.31. The molecule has 0 aliphatic rings. The zero-order valence-corrected chi connectivity index (χ0v) is 18.9. The topological polar surface area (TPSA) is 108 Å². The molecule has 0 unspecified atom stereocenters. The molecule has 0 saturated carbocycles. The van der Waals surface area contributed by atoms with Gasteiger partial charge in [-0.2, -0.15) is 5.10 Å². The zero-order chi connectivity index (χ0) is 23.8. The van der Waals surface area contributed by atoms with E-state index < -0.39 is 0 Å². The number of nitrogens with one attached hydrogen (secondary N) is 3. The van der Waals surface area contributed by atoms with Crippen LogP contribution in [0.15, 0.2) is 67.3 Å². The summed E-state index contributed by atoms with van der Waals surface area (Å²) >= 11 is 0. The SMILES string of the molecule is CCNCc1cncc(-c2ccc3[nH]nc(-c4nc5c(-c6ccc(F)cc6)cncc5[nH]4)c3n2)c1. The van der Waals surface area contributed by atoms with Crippen LogP contribution in [0.1, 0.15) is 12.5 Å². The molecule has 3 N–H and O–H groups in total. The zero-order valence-electron chi connectivity index (χ0n) is 18.9. The van der Waals surface area contributed by atoms with Crippen molar-refractivity contribution in [3.63, 3.8) is 0 Å². The van der Waals surface area contributed by atoms with Crippen LogP contribution in [0.3, 0.4) is 0 Å². The molecule has 5 aromatic heterocycles. The second kappa shape index (κ2) is 8.69. The van der Waals surface area contributed by atoms with Crippen molar-refractivity contribution in [2.24, 2.45) is 0 Å². The number of pyridine rings is 3. The Morgan fingerprint density at radius 1 is 0.857 bits per heavy atom. The number of hydrogen-bond donors (Lipinski definition) is 3. The molecule has 172 valence electrons. The van der Waals surface area contributed by atoms with E-state index in [1.807, 2.05) is 24.5 Å². The van der Waals surface area contributed by atoms with Gasteiger partial charge in [0.25, 0.3) is 0 Å². The second-order valence-electron chi connectivity index (χ2n) is 8.20. The van der Waals surface area contributed by atoms with Gasteiger partial charge in [-0.25, -0.2) is 14.4 Å². The van der Waals surface area contributed by atoms with E-state index in [0.29, 0.717) is 17.0 Å². The first-order chi connectivity index (χ1) is 17.2. The number of H-pyrrole nitrogens is 2. The van der Waals surface area contributed by atoms with Gasteiger partial charge in [-0.05, 0) is 48.0 Å². The largest absolute Gasteiger partial charge is 0.335 e. The van der Waals surface area contributed by atoms with E-state index in [2.05, 4.69) is 43.5 Å². The number of aromatic amines is 2. The summed E-state index contributed by atoms with van der Waals surface area (Å²) in [5.74, 6) is 0.287. The lowest BCUT2D eigenvalue weighted by Crippen LogP contribution is -2.11. The molecule has 9 heteroatoms. The molecular formula is C26H21FN8. The summed E-state index contributed by atoms with van der Waals surface area (Å²) in [5, 5.41) is 10.9. The van der Waals surface area contributed by atoms with Crippen LogP contribution in [0.25, 0.3) is 56.0 Å². The molecule has 5 heterocycles. The van der Waals surface area contributed by atoms with E-state index in [1.165, 1.54) is 12.1 Å². The number of fused-ring (bicyclic) bond motifs is 2. The van der Waals surface area contributed by atoms with Crippen molar-refractivity contribution in [2.45, 2.75) is 13.5 Å². The van der Waals surface area contributed by atoms with Gasteiger partial charge in [-0.3, -0.25) is 15.1 Å². The van der Waals surface area contributed by atoms with Crippen molar-refractivity contribution in [3.8, 4) is 33.9 Å². The third-order valence-corrected chi connectivity index (χ3v) is 5.85. The Hall–Kier alpha value is -4.50. The van der Waals surface area contributed by atoms with Gasteiger partial charge in [-0.15, -0.1) is 0 Å². The van der Waals surface area contributed by atoms with Gasteiger partial charge < -0.3 is 10.3 Å². The number of aromatic nitrogens is 7. The molecule has 0 spiro atoms. The van der Waals surface area contributed by atoms with Crippen LogP contribution in [0, 0.1) is 5.82 Å². The average molecular weight is 465 g/mol. The molecular weight excluding hydrogens is 443 g/mol. The monoisotopic (exact) mass is 464 g/mol. The number of nitrogens with zero attached hydrogens (tertiary/aromatic N) is 5. The fourth-order valence-corrected chi connectivity index (χ4v) is 4.10. The molecule has 0 aliphatic heterocycles. The van der Waals surface area contributed by atoms with Crippen molar-refractivity contribution in [1.82, 2.24) is 40.4 Å². The standard InChI is InChI=1S/C26H21FN8/c1-2-28-10-15-9-17(12-29-11-15)20-7-8-21-24(31-20)25(35-34-21)26-32-22-14-30-13-19(23(22)33-26)16-3-5-18(27)6-4-16/h3-9,11-14,28H,2,10H2,1H3,(H,32,33)(H,34,35). The van der Waals surface area contributed by atoms with Gasteiger partial charge in [0.05, 0.1) is 28.4 Å². The van der Waals surface area contributed by atoms with Crippen molar-refractivity contribution in [1.29, 1.82) is 0 Å². The Kier molecular flexibility index (Phi) is 5.23. The van der Waals surface area contributed by atoms with Gasteiger partial charge in [0.2, 0.25) is 0 Å². The minimum absolute atomic E-state index is 0.288. The lowest BCUT2D eigenvalue weighted by molar-refractivity contribution is 0.628. The number of hydrogen-bond acceptors (Lipinski definition) is 6. The van der Waals surface area contributed by atoms with Crippen molar-refractivity contribution in [3.05, 3.63) is 78.6 Å². The maximum atomic E-state index is 13.4. The van der Waals surface area contributed by atoms with Crippen LogP contribution >= 0.6 is 0 Å². The predicted octanol–water partition coefficient (Wildman–Crippen LogP) is 4.87. The Morgan fingerprint density at radius 2 is 1.71 bits per heavy atom. The van der Waals surface area contributed by atoms with Crippen molar-refractivity contribution >= 4 is 22.1 Å². The first kappa shape index (κ1) is 21.1. The fraction of sp³-hybridized carbons (Fsp3) is 0.115. The van der Waals surface area contributed by atoms with Crippen LogP contribution in [0.5, 0.6) is 0 Å². The minimum atomic E-state index is -0.288. The molecule has 35 heavy (non-hydrogen) atoms. The Bertz CT molecular complexity index is 1650. The average Bonchev–Trinajstić information content (AvgIpc) is 3.51.